The molecule has 0 radical (unpaired) electrons. The van der Waals surface area contributed by atoms with Gasteiger partial charge in [0.25, 0.3) is 5.56 Å². The van der Waals surface area contributed by atoms with Crippen molar-refractivity contribution in [3.05, 3.63) is 45.8 Å². The quantitative estimate of drug-likeness (QED) is 0.639. The van der Waals surface area contributed by atoms with Gasteiger partial charge in [0, 0.05) is 24.5 Å². The molecule has 0 aliphatic heterocycles. The van der Waals surface area contributed by atoms with E-state index in [1.807, 2.05) is 29.6 Å². The minimum atomic E-state index is -0.117. The molecule has 6 heteroatoms. The van der Waals surface area contributed by atoms with Gasteiger partial charge in [-0.3, -0.25) is 9.36 Å². The fraction of sp³-hybridized carbons (Fsp3) is 0.263. The number of benzene rings is 1. The number of hydrogen-bond acceptors (Lipinski definition) is 5. The van der Waals surface area contributed by atoms with Crippen molar-refractivity contribution in [1.82, 2.24) is 9.55 Å². The molecule has 0 unspecified atom stereocenters. The number of methoxy groups -OCH3 is 2. The van der Waals surface area contributed by atoms with E-state index in [1.54, 1.807) is 18.8 Å². The van der Waals surface area contributed by atoms with Crippen LogP contribution >= 0.6 is 11.3 Å². The van der Waals surface area contributed by atoms with Gasteiger partial charge < -0.3 is 9.47 Å². The van der Waals surface area contributed by atoms with Gasteiger partial charge in [0.1, 0.15) is 16.4 Å². The molecule has 0 bridgehead atoms. The summed E-state index contributed by atoms with van der Waals surface area (Å²) in [5, 5.41) is 2.54. The second kappa shape index (κ2) is 7.51. The van der Waals surface area contributed by atoms with Gasteiger partial charge in [0.2, 0.25) is 0 Å². The van der Waals surface area contributed by atoms with Gasteiger partial charge in [-0.25, -0.2) is 4.98 Å². The third-order valence-corrected chi connectivity index (χ3v) is 4.80. The fourth-order valence-electron chi connectivity index (χ4n) is 2.71. The Labute approximate surface area is 149 Å². The Morgan fingerprint density at radius 2 is 2.20 bits per heavy atom. The molecule has 0 N–H and O–H groups in total. The molecule has 1 aromatic carbocycles. The Hall–Kier alpha value is -2.62. The maximum atomic E-state index is 13.1. The van der Waals surface area contributed by atoms with E-state index in [1.165, 1.54) is 11.3 Å². The number of aromatic nitrogens is 2. The molecular formula is C19H18N2O3S. The molecule has 0 aliphatic carbocycles. The Kier molecular flexibility index (Phi) is 5.17. The smallest absolute Gasteiger partial charge is 0.263 e. The second-order valence-corrected chi connectivity index (χ2v) is 6.29. The molecule has 3 rings (SSSR count). The molecule has 3 aromatic rings. The van der Waals surface area contributed by atoms with Crippen molar-refractivity contribution < 1.29 is 9.47 Å². The summed E-state index contributed by atoms with van der Waals surface area (Å²) in [4.78, 5) is 18.4. The first-order valence-electron chi connectivity index (χ1n) is 7.77. The molecule has 128 valence electrons. The van der Waals surface area contributed by atoms with Crippen LogP contribution in [0.5, 0.6) is 5.75 Å². The summed E-state index contributed by atoms with van der Waals surface area (Å²) in [7, 11) is 3.24. The van der Waals surface area contributed by atoms with Crippen LogP contribution in [0, 0.1) is 12.3 Å². The fourth-order valence-corrected chi connectivity index (χ4v) is 3.66. The topological polar surface area (TPSA) is 53.4 Å². The van der Waals surface area contributed by atoms with Crippen LogP contribution in [0.1, 0.15) is 5.82 Å². The molecule has 0 spiro atoms. The number of hydrogen-bond donors (Lipinski definition) is 0. The number of thiophene rings is 1. The molecule has 2 heterocycles. The van der Waals surface area contributed by atoms with Gasteiger partial charge in [-0.1, -0.05) is 18.1 Å². The van der Waals surface area contributed by atoms with E-state index in [2.05, 4.69) is 10.9 Å². The van der Waals surface area contributed by atoms with E-state index in [0.717, 1.165) is 16.9 Å². The highest BCUT2D eigenvalue weighted by Crippen LogP contribution is 2.32. The van der Waals surface area contributed by atoms with Crippen LogP contribution in [0.3, 0.4) is 0 Å². The van der Waals surface area contributed by atoms with Crippen molar-refractivity contribution in [2.75, 3.05) is 20.8 Å². The standard InChI is InChI=1S/C19H18N2O3S/c1-4-9-21-16(8-10-23-2)20-18-17(19(21)22)15(12-25-18)13-6-5-7-14(11-13)24-3/h1,5-7,11-12H,8-10H2,2-3H3. The molecule has 0 saturated carbocycles. The Bertz CT molecular complexity index is 998. The number of ether oxygens (including phenoxy) is 2. The van der Waals surface area contributed by atoms with Gasteiger partial charge in [0.05, 0.1) is 25.6 Å². The van der Waals surface area contributed by atoms with Crippen LogP contribution in [0.15, 0.2) is 34.4 Å². The summed E-state index contributed by atoms with van der Waals surface area (Å²) in [6, 6.07) is 7.63. The van der Waals surface area contributed by atoms with Crippen LogP contribution < -0.4 is 10.3 Å². The highest BCUT2D eigenvalue weighted by atomic mass is 32.1. The third-order valence-electron chi connectivity index (χ3n) is 3.93. The largest absolute Gasteiger partial charge is 0.497 e. The van der Waals surface area contributed by atoms with E-state index >= 15 is 0 Å². The van der Waals surface area contributed by atoms with E-state index < -0.39 is 0 Å². The molecule has 0 aliphatic rings. The summed E-state index contributed by atoms with van der Waals surface area (Å²) in [6.45, 7) is 0.671. The maximum Gasteiger partial charge on any atom is 0.263 e. The Morgan fingerprint density at radius 1 is 1.36 bits per heavy atom. The summed E-state index contributed by atoms with van der Waals surface area (Å²) < 4.78 is 12.0. The lowest BCUT2D eigenvalue weighted by molar-refractivity contribution is 0.199. The maximum absolute atomic E-state index is 13.1. The van der Waals surface area contributed by atoms with Crippen LogP contribution in [-0.2, 0) is 17.7 Å². The summed E-state index contributed by atoms with van der Waals surface area (Å²) in [6.07, 6.45) is 5.99. The average molecular weight is 354 g/mol. The van der Waals surface area contributed by atoms with Gasteiger partial charge in [-0.2, -0.15) is 0 Å². The Balaban J connectivity index is 2.21. The number of nitrogens with zero attached hydrogens (tertiary/aromatic N) is 2. The molecule has 0 amide bonds. The predicted octanol–water partition coefficient (Wildman–Crippen LogP) is 2.96. The first-order valence-corrected chi connectivity index (χ1v) is 8.65. The van der Waals surface area contributed by atoms with Crippen molar-refractivity contribution in [3.8, 4) is 29.2 Å². The molecule has 0 fully saturated rings. The van der Waals surface area contributed by atoms with Gasteiger partial charge in [0.15, 0.2) is 0 Å². The summed E-state index contributed by atoms with van der Waals surface area (Å²) in [5.41, 5.74) is 1.65. The molecule has 0 saturated heterocycles. The zero-order valence-electron chi connectivity index (χ0n) is 14.1. The molecule has 0 atom stereocenters. The third kappa shape index (κ3) is 3.29. The number of rotatable bonds is 6. The van der Waals surface area contributed by atoms with Crippen LogP contribution in [-0.4, -0.2) is 30.4 Å². The highest BCUT2D eigenvalue weighted by molar-refractivity contribution is 7.17. The first-order chi connectivity index (χ1) is 12.2. The molecule has 5 nitrogen and oxygen atoms in total. The summed E-state index contributed by atoms with van der Waals surface area (Å²) in [5.74, 6) is 3.93. The van der Waals surface area contributed by atoms with E-state index in [-0.39, 0.29) is 12.1 Å². The predicted molar refractivity (Wildman–Crippen MR) is 100 cm³/mol. The lowest BCUT2D eigenvalue weighted by Gasteiger charge is -2.10. The van der Waals surface area contributed by atoms with Gasteiger partial charge in [-0.05, 0) is 17.7 Å². The van der Waals surface area contributed by atoms with Crippen molar-refractivity contribution >= 4 is 21.6 Å². The minimum Gasteiger partial charge on any atom is -0.497 e. The minimum absolute atomic E-state index is 0.117. The van der Waals surface area contributed by atoms with Crippen LogP contribution in [0.2, 0.25) is 0 Å². The zero-order chi connectivity index (χ0) is 17.8. The van der Waals surface area contributed by atoms with Gasteiger partial charge in [-0.15, -0.1) is 17.8 Å². The number of terminal acetylenes is 1. The zero-order valence-corrected chi connectivity index (χ0v) is 14.9. The number of fused-ring (bicyclic) bond motifs is 1. The summed E-state index contributed by atoms with van der Waals surface area (Å²) >= 11 is 1.45. The van der Waals surface area contributed by atoms with Crippen molar-refractivity contribution in [1.29, 1.82) is 0 Å². The average Bonchev–Trinajstić information content (AvgIpc) is 3.07. The Morgan fingerprint density at radius 3 is 2.92 bits per heavy atom. The van der Waals surface area contributed by atoms with Crippen molar-refractivity contribution in [3.63, 3.8) is 0 Å². The molecular weight excluding hydrogens is 336 g/mol. The SMILES string of the molecule is C#CCn1c(CCOC)nc2scc(-c3cccc(OC)c3)c2c1=O. The molecule has 25 heavy (non-hydrogen) atoms. The monoisotopic (exact) mass is 354 g/mol. The van der Waals surface area contributed by atoms with E-state index in [4.69, 9.17) is 15.9 Å². The highest BCUT2D eigenvalue weighted by Gasteiger charge is 2.17. The van der Waals surface area contributed by atoms with Crippen LogP contribution in [0.25, 0.3) is 21.3 Å². The lowest BCUT2D eigenvalue weighted by atomic mass is 10.1. The van der Waals surface area contributed by atoms with Gasteiger partial charge >= 0.3 is 0 Å². The lowest BCUT2D eigenvalue weighted by Crippen LogP contribution is -2.25. The molecule has 2 aromatic heterocycles. The van der Waals surface area contributed by atoms with Crippen LogP contribution in [0.4, 0.5) is 0 Å². The van der Waals surface area contributed by atoms with E-state index in [9.17, 15) is 4.79 Å². The second-order valence-electron chi connectivity index (χ2n) is 5.43. The normalized spacial score (nSPS) is 10.8. The van der Waals surface area contributed by atoms with Crippen molar-refractivity contribution in [2.45, 2.75) is 13.0 Å². The first kappa shape index (κ1) is 17.2. The van der Waals surface area contributed by atoms with Crippen molar-refractivity contribution in [2.24, 2.45) is 0 Å². The van der Waals surface area contributed by atoms with E-state index in [0.29, 0.717) is 29.1 Å².